The molecule has 2 heteroatoms. The second-order valence-electron chi connectivity index (χ2n) is 4.92. The van der Waals surface area contributed by atoms with Gasteiger partial charge < -0.3 is 11.8 Å². The van der Waals surface area contributed by atoms with Gasteiger partial charge >= 0.3 is 0 Å². The molecule has 0 aliphatic heterocycles. The second-order valence-corrected chi connectivity index (χ2v) is 4.92. The van der Waals surface area contributed by atoms with Crippen molar-refractivity contribution in [2.75, 3.05) is 0 Å². The standard InChI is InChI=1S/C16H28N.CN/c1-3-5-6-7-8-9-10-13-17-14-11-12-16(4-2)15-17;1-2/h11-12,14-15H,3-10,13H2,1-2H3;/q+1;-1. The van der Waals surface area contributed by atoms with Crippen LogP contribution in [0.15, 0.2) is 24.5 Å². The van der Waals surface area contributed by atoms with E-state index in [0.29, 0.717) is 0 Å². The summed E-state index contributed by atoms with van der Waals surface area (Å²) in [5, 5.41) is 6.25. The first kappa shape index (κ1) is 17.6. The number of nitrogens with zero attached hydrogens (tertiary/aromatic N) is 2. The molecular formula is C17H28N2. The van der Waals surface area contributed by atoms with Crippen molar-refractivity contribution in [3.63, 3.8) is 0 Å². The predicted molar refractivity (Wildman–Crippen MR) is 79.0 cm³/mol. The molecule has 0 aromatic carbocycles. The maximum Gasteiger partial charge on any atom is 0.171 e. The highest BCUT2D eigenvalue weighted by molar-refractivity contribution is 5.04. The van der Waals surface area contributed by atoms with Crippen molar-refractivity contribution in [3.05, 3.63) is 36.7 Å². The van der Waals surface area contributed by atoms with Crippen LogP contribution in [0.4, 0.5) is 0 Å². The summed E-state index contributed by atoms with van der Waals surface area (Å²) >= 11 is 0. The lowest BCUT2D eigenvalue weighted by Crippen LogP contribution is -2.33. The molecule has 0 atom stereocenters. The molecule has 1 heterocycles. The maximum atomic E-state index is 6.25. The zero-order chi connectivity index (χ0) is 14.3. The van der Waals surface area contributed by atoms with Crippen molar-refractivity contribution in [3.8, 4) is 0 Å². The summed E-state index contributed by atoms with van der Waals surface area (Å²) in [6.45, 7) is 10.4. The van der Waals surface area contributed by atoms with Crippen molar-refractivity contribution >= 4 is 0 Å². The number of rotatable bonds is 9. The molecule has 1 aromatic heterocycles. The van der Waals surface area contributed by atoms with Gasteiger partial charge in [-0.25, -0.2) is 4.57 Å². The minimum atomic E-state index is 1.14. The molecule has 0 fully saturated rings. The third-order valence-electron chi connectivity index (χ3n) is 3.35. The molecule has 0 aliphatic rings. The molecule has 19 heavy (non-hydrogen) atoms. The highest BCUT2D eigenvalue weighted by Crippen LogP contribution is 2.06. The summed E-state index contributed by atoms with van der Waals surface area (Å²) in [5.74, 6) is 0. The van der Waals surface area contributed by atoms with Crippen LogP contribution in [-0.4, -0.2) is 0 Å². The van der Waals surface area contributed by atoms with Crippen LogP contribution in [0, 0.1) is 11.8 Å². The number of unbranched alkanes of at least 4 members (excludes halogenated alkanes) is 6. The van der Waals surface area contributed by atoms with Gasteiger partial charge in [0.2, 0.25) is 0 Å². The Bertz CT molecular complexity index is 331. The first-order valence-electron chi connectivity index (χ1n) is 7.57. The van der Waals surface area contributed by atoms with Gasteiger partial charge in [0, 0.05) is 18.1 Å². The molecule has 2 nitrogen and oxygen atoms in total. The Kier molecular flexibility index (Phi) is 12.1. The van der Waals surface area contributed by atoms with E-state index in [1.54, 1.807) is 0 Å². The summed E-state index contributed by atoms with van der Waals surface area (Å²) in [6.07, 6.45) is 15.3. The third kappa shape index (κ3) is 9.25. The summed E-state index contributed by atoms with van der Waals surface area (Å²) < 4.78 is 2.34. The number of hydrogen-bond donors (Lipinski definition) is 0. The monoisotopic (exact) mass is 260 g/mol. The SMILES string of the molecule is CCCCCCCCC[n+]1cccc(CC)c1.[C-]#N. The van der Waals surface area contributed by atoms with Crippen LogP contribution in [0.3, 0.4) is 0 Å². The summed E-state index contributed by atoms with van der Waals surface area (Å²) in [6, 6.07) is 4.38. The van der Waals surface area contributed by atoms with Crippen LogP contribution in [0.1, 0.15) is 64.4 Å². The number of pyridine rings is 1. The van der Waals surface area contributed by atoms with Crippen LogP contribution in [0.2, 0.25) is 0 Å². The zero-order valence-electron chi connectivity index (χ0n) is 12.6. The first-order valence-corrected chi connectivity index (χ1v) is 7.57. The number of aryl methyl sites for hydroxylation is 2. The summed E-state index contributed by atoms with van der Waals surface area (Å²) in [4.78, 5) is 0. The average Bonchev–Trinajstić information content (AvgIpc) is 2.48. The molecule has 0 saturated carbocycles. The van der Waals surface area contributed by atoms with Gasteiger partial charge in [-0.05, 0) is 18.9 Å². The molecule has 106 valence electrons. The van der Waals surface area contributed by atoms with Gasteiger partial charge in [0.25, 0.3) is 0 Å². The van der Waals surface area contributed by atoms with E-state index in [9.17, 15) is 0 Å². The normalized spacial score (nSPS) is 9.68. The summed E-state index contributed by atoms with van der Waals surface area (Å²) in [7, 11) is 0. The largest absolute Gasteiger partial charge is 0.512 e. The molecule has 0 bridgehead atoms. The third-order valence-corrected chi connectivity index (χ3v) is 3.35. The van der Waals surface area contributed by atoms with Crippen LogP contribution in [0.25, 0.3) is 0 Å². The lowest BCUT2D eigenvalue weighted by molar-refractivity contribution is -0.697. The summed E-state index contributed by atoms with van der Waals surface area (Å²) in [5.41, 5.74) is 1.44. The Morgan fingerprint density at radius 2 is 1.63 bits per heavy atom. The number of hydrogen-bond acceptors (Lipinski definition) is 1. The second kappa shape index (κ2) is 13.1. The Balaban J connectivity index is 0.00000154. The molecule has 0 unspecified atom stereocenters. The highest BCUT2D eigenvalue weighted by Gasteiger charge is 2.01. The quantitative estimate of drug-likeness (QED) is 0.368. The van der Waals surface area contributed by atoms with Crippen LogP contribution in [-0.2, 0) is 13.0 Å². The Hall–Kier alpha value is -1.36. The van der Waals surface area contributed by atoms with Crippen molar-refractivity contribution < 1.29 is 4.57 Å². The Morgan fingerprint density at radius 1 is 1.00 bits per heavy atom. The minimum Gasteiger partial charge on any atom is -0.512 e. The van der Waals surface area contributed by atoms with Gasteiger partial charge in [-0.15, -0.1) is 0 Å². The van der Waals surface area contributed by atoms with E-state index in [0.717, 1.165) is 6.42 Å². The fourth-order valence-electron chi connectivity index (χ4n) is 2.18. The first-order chi connectivity index (χ1) is 9.36. The molecule has 0 spiro atoms. The maximum absolute atomic E-state index is 6.25. The lowest BCUT2D eigenvalue weighted by atomic mass is 10.1. The molecule has 0 radical (unpaired) electrons. The topological polar surface area (TPSA) is 27.7 Å². The zero-order valence-corrected chi connectivity index (χ0v) is 12.6. The molecule has 1 rings (SSSR count). The van der Waals surface area contributed by atoms with E-state index in [2.05, 4.69) is 42.9 Å². The minimum absolute atomic E-state index is 1.14. The van der Waals surface area contributed by atoms with Gasteiger partial charge in [-0.2, -0.15) is 0 Å². The van der Waals surface area contributed by atoms with Crippen molar-refractivity contribution in [2.45, 2.75) is 71.8 Å². The van der Waals surface area contributed by atoms with Crippen LogP contribution in [0.5, 0.6) is 0 Å². The van der Waals surface area contributed by atoms with E-state index in [1.165, 1.54) is 57.1 Å². The average molecular weight is 260 g/mol. The van der Waals surface area contributed by atoms with Gasteiger partial charge in [0.15, 0.2) is 12.4 Å². The van der Waals surface area contributed by atoms with E-state index >= 15 is 0 Å². The Morgan fingerprint density at radius 3 is 2.26 bits per heavy atom. The van der Waals surface area contributed by atoms with E-state index in [4.69, 9.17) is 11.8 Å². The van der Waals surface area contributed by atoms with Crippen molar-refractivity contribution in [2.24, 2.45) is 0 Å². The van der Waals surface area contributed by atoms with Crippen molar-refractivity contribution in [1.82, 2.24) is 0 Å². The molecular weight excluding hydrogens is 232 g/mol. The smallest absolute Gasteiger partial charge is 0.171 e. The molecule has 0 N–H and O–H groups in total. The van der Waals surface area contributed by atoms with Crippen LogP contribution < -0.4 is 4.57 Å². The van der Waals surface area contributed by atoms with Crippen molar-refractivity contribution in [1.29, 1.82) is 5.26 Å². The fourth-order valence-corrected chi connectivity index (χ4v) is 2.18. The van der Waals surface area contributed by atoms with Crippen LogP contribution >= 0.6 is 0 Å². The predicted octanol–water partition coefficient (Wildman–Crippen LogP) is 4.38. The van der Waals surface area contributed by atoms with Gasteiger partial charge in [0.05, 0.1) is 0 Å². The number of aromatic nitrogens is 1. The highest BCUT2D eigenvalue weighted by atomic mass is 14.9. The Labute approximate surface area is 119 Å². The fraction of sp³-hybridized carbons (Fsp3) is 0.647. The van der Waals surface area contributed by atoms with E-state index in [-0.39, 0.29) is 0 Å². The van der Waals surface area contributed by atoms with Gasteiger partial charge in [-0.3, -0.25) is 0 Å². The lowest BCUT2D eigenvalue weighted by Gasteiger charge is -2.00. The molecule has 0 aliphatic carbocycles. The molecule has 0 saturated heterocycles. The molecule has 0 amide bonds. The van der Waals surface area contributed by atoms with E-state index in [1.807, 2.05) is 0 Å². The van der Waals surface area contributed by atoms with Gasteiger partial charge in [0.1, 0.15) is 6.54 Å². The molecule has 1 aromatic rings. The van der Waals surface area contributed by atoms with E-state index < -0.39 is 0 Å². The van der Waals surface area contributed by atoms with Gasteiger partial charge in [-0.1, -0.05) is 46.0 Å².